The van der Waals surface area contributed by atoms with E-state index >= 15 is 0 Å². The average Bonchev–Trinajstić information content (AvgIpc) is 2.40. The number of nitro benzene ring substituents is 1. The number of benzene rings is 1. The van der Waals surface area contributed by atoms with E-state index in [4.69, 9.17) is 0 Å². The number of non-ortho nitro benzene ring substituents is 1. The molecule has 0 saturated heterocycles. The van der Waals surface area contributed by atoms with E-state index in [0.29, 0.717) is 18.4 Å². The highest BCUT2D eigenvalue weighted by atomic mass is 32.2. The van der Waals surface area contributed by atoms with Crippen molar-refractivity contribution in [3.8, 4) is 0 Å². The number of nitro groups is 1. The van der Waals surface area contributed by atoms with E-state index in [1.807, 2.05) is 0 Å². The van der Waals surface area contributed by atoms with Gasteiger partial charge in [0.25, 0.3) is 5.69 Å². The number of rotatable bonds is 4. The smallest absolute Gasteiger partial charge is 0.269 e. The lowest BCUT2D eigenvalue weighted by molar-refractivity contribution is -0.385. The van der Waals surface area contributed by atoms with Gasteiger partial charge in [0.05, 0.1) is 15.9 Å². The normalized spacial score (nSPS) is 23.0. The molecule has 1 saturated carbocycles. The number of nitrogens with zero attached hydrogens (tertiary/aromatic N) is 1. The number of hydrogen-bond donors (Lipinski definition) is 2. The molecule has 2 rings (SSSR count). The molecule has 0 aliphatic heterocycles. The maximum absolute atomic E-state index is 12.4. The maximum atomic E-state index is 12.4. The Morgan fingerprint density at radius 3 is 2.57 bits per heavy atom. The fraction of sp³-hybridized carbons (Fsp3) is 0.538. The predicted octanol–water partition coefficient (Wildman–Crippen LogP) is 1.49. The van der Waals surface area contributed by atoms with E-state index in [1.54, 1.807) is 0 Å². The van der Waals surface area contributed by atoms with E-state index in [1.165, 1.54) is 25.1 Å². The van der Waals surface area contributed by atoms with Crippen LogP contribution < -0.4 is 4.72 Å². The Morgan fingerprint density at radius 1 is 1.33 bits per heavy atom. The van der Waals surface area contributed by atoms with E-state index < -0.39 is 27.1 Å². The molecule has 1 aromatic carbocycles. The second-order valence-electron chi connectivity index (χ2n) is 5.29. The minimum Gasteiger partial charge on any atom is -0.391 e. The Bertz CT molecular complexity index is 644. The summed E-state index contributed by atoms with van der Waals surface area (Å²) in [4.78, 5) is 10.1. The molecule has 7 nitrogen and oxygen atoms in total. The first-order valence-corrected chi connectivity index (χ1v) is 8.25. The zero-order valence-corrected chi connectivity index (χ0v) is 12.5. The van der Waals surface area contributed by atoms with Crippen molar-refractivity contribution in [3.63, 3.8) is 0 Å². The van der Waals surface area contributed by atoms with E-state index in [0.717, 1.165) is 12.8 Å². The van der Waals surface area contributed by atoms with Crippen molar-refractivity contribution < 1.29 is 18.4 Å². The molecule has 1 fully saturated rings. The number of aliphatic hydroxyl groups excluding tert-OH is 1. The number of sulfonamides is 1. The van der Waals surface area contributed by atoms with Crippen molar-refractivity contribution >= 4 is 15.7 Å². The van der Waals surface area contributed by atoms with Crippen LogP contribution in [0.5, 0.6) is 0 Å². The summed E-state index contributed by atoms with van der Waals surface area (Å²) < 4.78 is 27.2. The topological polar surface area (TPSA) is 110 Å². The Labute approximate surface area is 123 Å². The Morgan fingerprint density at radius 2 is 2.00 bits per heavy atom. The molecule has 0 radical (unpaired) electrons. The number of aliphatic hydroxyl groups is 1. The number of nitrogens with one attached hydrogen (secondary N) is 1. The third-order valence-electron chi connectivity index (χ3n) is 3.69. The zero-order chi connectivity index (χ0) is 15.6. The molecule has 1 aromatic rings. The van der Waals surface area contributed by atoms with Gasteiger partial charge in [-0.2, -0.15) is 0 Å². The summed E-state index contributed by atoms with van der Waals surface area (Å²) in [6, 6.07) is 3.12. The van der Waals surface area contributed by atoms with E-state index in [-0.39, 0.29) is 10.6 Å². The third-order valence-corrected chi connectivity index (χ3v) is 5.34. The minimum absolute atomic E-state index is 0.00544. The summed E-state index contributed by atoms with van der Waals surface area (Å²) in [6.45, 7) is 1.51. The van der Waals surface area contributed by atoms with Gasteiger partial charge in [0.1, 0.15) is 0 Å². The van der Waals surface area contributed by atoms with Crippen molar-refractivity contribution in [1.29, 1.82) is 0 Å². The fourth-order valence-corrected chi connectivity index (χ4v) is 4.09. The lowest BCUT2D eigenvalue weighted by Crippen LogP contribution is -2.45. The second kappa shape index (κ2) is 6.08. The van der Waals surface area contributed by atoms with Crippen LogP contribution in [0.4, 0.5) is 5.69 Å². The Kier molecular flexibility index (Phi) is 4.60. The molecule has 0 aromatic heterocycles. The first-order chi connectivity index (χ1) is 9.81. The van der Waals surface area contributed by atoms with Crippen LogP contribution in [0.1, 0.15) is 31.2 Å². The van der Waals surface area contributed by atoms with Gasteiger partial charge in [-0.15, -0.1) is 0 Å². The average molecular weight is 314 g/mol. The molecular weight excluding hydrogens is 296 g/mol. The number of hydrogen-bond acceptors (Lipinski definition) is 5. The lowest BCUT2D eigenvalue weighted by Gasteiger charge is -2.28. The van der Waals surface area contributed by atoms with Gasteiger partial charge in [0.2, 0.25) is 10.0 Å². The molecule has 0 heterocycles. The van der Waals surface area contributed by atoms with Crippen LogP contribution in [0.15, 0.2) is 23.1 Å². The van der Waals surface area contributed by atoms with Gasteiger partial charge in [-0.25, -0.2) is 13.1 Å². The Hall–Kier alpha value is -1.51. The number of aryl methyl sites for hydroxylation is 1. The lowest BCUT2D eigenvalue weighted by atomic mass is 9.93. The zero-order valence-electron chi connectivity index (χ0n) is 11.7. The molecule has 8 heteroatoms. The maximum Gasteiger partial charge on any atom is 0.269 e. The van der Waals surface area contributed by atoms with Gasteiger partial charge in [-0.05, 0) is 31.4 Å². The third kappa shape index (κ3) is 3.58. The minimum atomic E-state index is -3.80. The highest BCUT2D eigenvalue weighted by Crippen LogP contribution is 2.24. The van der Waals surface area contributed by atoms with Crippen LogP contribution in [-0.4, -0.2) is 30.6 Å². The van der Waals surface area contributed by atoms with E-state index in [2.05, 4.69) is 4.72 Å². The quantitative estimate of drug-likeness (QED) is 0.646. The predicted molar refractivity (Wildman–Crippen MR) is 76.4 cm³/mol. The van der Waals surface area contributed by atoms with E-state index in [9.17, 15) is 23.6 Å². The summed E-state index contributed by atoms with van der Waals surface area (Å²) in [6.07, 6.45) is 2.23. The molecule has 2 N–H and O–H groups in total. The van der Waals surface area contributed by atoms with Crippen LogP contribution in [-0.2, 0) is 10.0 Å². The van der Waals surface area contributed by atoms with Crippen LogP contribution >= 0.6 is 0 Å². The Balaban J connectivity index is 2.25. The van der Waals surface area contributed by atoms with Gasteiger partial charge in [-0.1, -0.05) is 12.8 Å². The first kappa shape index (κ1) is 15.9. The van der Waals surface area contributed by atoms with Gasteiger partial charge in [0, 0.05) is 18.2 Å². The molecule has 0 spiro atoms. The molecular formula is C13H18N2O5S. The molecule has 0 amide bonds. The molecule has 1 aliphatic carbocycles. The second-order valence-corrected chi connectivity index (χ2v) is 6.97. The monoisotopic (exact) mass is 314 g/mol. The molecule has 1 aliphatic rings. The standard InChI is InChI=1S/C13H18N2O5S/c1-9-8-10(15(17)18)6-7-13(9)21(19,20)14-11-4-2-3-5-12(11)16/h6-8,11-12,14,16H,2-5H2,1H3. The van der Waals surface area contributed by atoms with Crippen LogP contribution in [0, 0.1) is 17.0 Å². The summed E-state index contributed by atoms with van der Waals surface area (Å²) >= 11 is 0. The molecule has 116 valence electrons. The van der Waals surface area contributed by atoms with Crippen LogP contribution in [0.3, 0.4) is 0 Å². The van der Waals surface area contributed by atoms with Gasteiger partial charge in [0.15, 0.2) is 0 Å². The summed E-state index contributed by atoms with van der Waals surface area (Å²) in [5.74, 6) is 0. The van der Waals surface area contributed by atoms with Crippen LogP contribution in [0.2, 0.25) is 0 Å². The molecule has 0 bridgehead atoms. The SMILES string of the molecule is Cc1cc([N+](=O)[O-])ccc1S(=O)(=O)NC1CCCCC1O. The highest BCUT2D eigenvalue weighted by molar-refractivity contribution is 7.89. The van der Waals surface area contributed by atoms with Crippen molar-refractivity contribution in [2.75, 3.05) is 0 Å². The van der Waals surface area contributed by atoms with Gasteiger partial charge < -0.3 is 5.11 Å². The van der Waals surface area contributed by atoms with Crippen molar-refractivity contribution in [1.82, 2.24) is 4.72 Å². The molecule has 2 atom stereocenters. The summed E-state index contributed by atoms with van der Waals surface area (Å²) in [7, 11) is -3.80. The largest absolute Gasteiger partial charge is 0.391 e. The van der Waals surface area contributed by atoms with Gasteiger partial charge >= 0.3 is 0 Å². The van der Waals surface area contributed by atoms with Crippen molar-refractivity contribution in [3.05, 3.63) is 33.9 Å². The molecule has 2 unspecified atom stereocenters. The van der Waals surface area contributed by atoms with Crippen molar-refractivity contribution in [2.24, 2.45) is 0 Å². The molecule has 21 heavy (non-hydrogen) atoms. The first-order valence-electron chi connectivity index (χ1n) is 6.77. The van der Waals surface area contributed by atoms with Crippen LogP contribution in [0.25, 0.3) is 0 Å². The highest BCUT2D eigenvalue weighted by Gasteiger charge is 2.29. The summed E-state index contributed by atoms with van der Waals surface area (Å²) in [5, 5.41) is 20.5. The van der Waals surface area contributed by atoms with Crippen molar-refractivity contribution in [2.45, 2.75) is 49.6 Å². The fourth-order valence-electron chi connectivity index (χ4n) is 2.56. The summed E-state index contributed by atoms with van der Waals surface area (Å²) in [5.41, 5.74) is 0.158. The van der Waals surface area contributed by atoms with Gasteiger partial charge in [-0.3, -0.25) is 10.1 Å².